The highest BCUT2D eigenvalue weighted by Gasteiger charge is 2.22. The zero-order chi connectivity index (χ0) is 14.8. The molecule has 0 saturated heterocycles. The van der Waals surface area contributed by atoms with Gasteiger partial charge in [0.25, 0.3) is 0 Å². The van der Waals surface area contributed by atoms with E-state index in [2.05, 4.69) is 15.7 Å². The summed E-state index contributed by atoms with van der Waals surface area (Å²) in [5.74, 6) is 1.58. The minimum Gasteiger partial charge on any atom is -0.488 e. The minimum atomic E-state index is -0.252. The maximum absolute atomic E-state index is 11.9. The third-order valence-corrected chi connectivity index (χ3v) is 3.45. The van der Waals surface area contributed by atoms with Crippen molar-refractivity contribution < 1.29 is 9.53 Å². The highest BCUT2D eigenvalue weighted by Crippen LogP contribution is 2.27. The van der Waals surface area contributed by atoms with Gasteiger partial charge in [0.05, 0.1) is 12.2 Å². The first-order valence-electron chi connectivity index (χ1n) is 6.92. The lowest BCUT2D eigenvalue weighted by atomic mass is 10.1. The van der Waals surface area contributed by atoms with Crippen molar-refractivity contribution in [2.45, 2.75) is 19.4 Å². The van der Waals surface area contributed by atoms with Crippen LogP contribution in [0.4, 0.5) is 10.6 Å². The predicted octanol–water partition coefficient (Wildman–Crippen LogP) is 1.85. The number of amides is 2. The van der Waals surface area contributed by atoms with Crippen LogP contribution in [-0.4, -0.2) is 28.5 Å². The Morgan fingerprint density at radius 2 is 2.29 bits per heavy atom. The third-order valence-electron chi connectivity index (χ3n) is 3.45. The molecule has 0 bridgehead atoms. The topological polar surface area (TPSA) is 68.2 Å². The number of rotatable bonds is 3. The molecule has 3 rings (SSSR count). The smallest absolute Gasteiger partial charge is 0.320 e. The number of nitrogens with one attached hydrogen (secondary N) is 2. The number of para-hydroxylation sites is 1. The molecular formula is C15H18N4O2. The molecule has 0 spiro atoms. The quantitative estimate of drug-likeness (QED) is 0.905. The van der Waals surface area contributed by atoms with Crippen LogP contribution in [0.2, 0.25) is 0 Å². The second-order valence-electron chi connectivity index (χ2n) is 5.18. The summed E-state index contributed by atoms with van der Waals surface area (Å²) in [5, 5.41) is 9.78. The third kappa shape index (κ3) is 2.99. The van der Waals surface area contributed by atoms with Gasteiger partial charge in [-0.25, -0.2) is 4.79 Å². The normalized spacial score (nSPS) is 16.2. The fourth-order valence-corrected chi connectivity index (χ4v) is 2.46. The average Bonchev–Trinajstić information content (AvgIpc) is 2.99. The summed E-state index contributed by atoms with van der Waals surface area (Å²) in [4.78, 5) is 11.9. The second kappa shape index (κ2) is 5.47. The molecule has 1 atom stereocenters. The number of nitrogens with zero attached hydrogens (tertiary/aromatic N) is 2. The van der Waals surface area contributed by atoms with Gasteiger partial charge in [0.15, 0.2) is 0 Å². The average molecular weight is 286 g/mol. The SMILES string of the molecule is Cc1cc(NC(=O)NCC2Cc3ccccc3O2)n(C)n1. The molecule has 21 heavy (non-hydrogen) atoms. The van der Waals surface area contributed by atoms with Gasteiger partial charge in [-0.2, -0.15) is 5.10 Å². The monoisotopic (exact) mass is 286 g/mol. The predicted molar refractivity (Wildman–Crippen MR) is 79.5 cm³/mol. The van der Waals surface area contributed by atoms with Gasteiger partial charge in [0.2, 0.25) is 0 Å². The molecule has 0 aliphatic carbocycles. The van der Waals surface area contributed by atoms with Crippen molar-refractivity contribution in [3.05, 3.63) is 41.6 Å². The Morgan fingerprint density at radius 1 is 1.48 bits per heavy atom. The van der Waals surface area contributed by atoms with Crippen LogP contribution in [0.15, 0.2) is 30.3 Å². The number of hydrogen-bond acceptors (Lipinski definition) is 3. The van der Waals surface area contributed by atoms with E-state index < -0.39 is 0 Å². The van der Waals surface area contributed by atoms with Crippen LogP contribution in [-0.2, 0) is 13.5 Å². The van der Waals surface area contributed by atoms with Gasteiger partial charge < -0.3 is 10.1 Å². The van der Waals surface area contributed by atoms with E-state index in [0.29, 0.717) is 12.4 Å². The lowest BCUT2D eigenvalue weighted by Crippen LogP contribution is -2.37. The number of hydrogen-bond donors (Lipinski definition) is 2. The molecule has 0 radical (unpaired) electrons. The molecule has 2 heterocycles. The molecule has 1 aliphatic heterocycles. The molecule has 0 fully saturated rings. The molecule has 2 N–H and O–H groups in total. The number of fused-ring (bicyclic) bond motifs is 1. The first-order valence-corrected chi connectivity index (χ1v) is 6.92. The molecule has 110 valence electrons. The van der Waals surface area contributed by atoms with Gasteiger partial charge in [0.1, 0.15) is 17.7 Å². The number of ether oxygens (including phenoxy) is 1. The summed E-state index contributed by atoms with van der Waals surface area (Å²) in [6.45, 7) is 2.35. The first kappa shape index (κ1) is 13.5. The minimum absolute atomic E-state index is 0.0126. The lowest BCUT2D eigenvalue weighted by molar-refractivity contribution is 0.219. The van der Waals surface area contributed by atoms with Crippen LogP contribution >= 0.6 is 0 Å². The van der Waals surface area contributed by atoms with E-state index in [9.17, 15) is 4.79 Å². The summed E-state index contributed by atoms with van der Waals surface area (Å²) in [6.07, 6.45) is 0.808. The Bertz CT molecular complexity index is 640. The highest BCUT2D eigenvalue weighted by molar-refractivity contribution is 5.88. The summed E-state index contributed by atoms with van der Waals surface area (Å²) in [7, 11) is 1.79. The maximum atomic E-state index is 11.9. The number of carbonyl (C=O) groups excluding carboxylic acids is 1. The Hall–Kier alpha value is -2.50. The van der Waals surface area contributed by atoms with Gasteiger partial charge in [-0.05, 0) is 18.6 Å². The summed E-state index contributed by atoms with van der Waals surface area (Å²) >= 11 is 0. The highest BCUT2D eigenvalue weighted by atomic mass is 16.5. The molecule has 6 nitrogen and oxygen atoms in total. The number of aromatic nitrogens is 2. The van der Waals surface area contributed by atoms with Crippen molar-refractivity contribution in [3.8, 4) is 5.75 Å². The zero-order valence-electron chi connectivity index (χ0n) is 12.1. The van der Waals surface area contributed by atoms with Crippen LogP contribution in [0.3, 0.4) is 0 Å². The molecule has 1 aromatic heterocycles. The fourth-order valence-electron chi connectivity index (χ4n) is 2.46. The standard InChI is InChI=1S/C15H18N4O2/c1-10-7-14(19(2)18-10)17-15(20)16-9-12-8-11-5-3-4-6-13(11)21-12/h3-7,12H,8-9H2,1-2H3,(H2,16,17,20). The van der Waals surface area contributed by atoms with E-state index in [-0.39, 0.29) is 12.1 Å². The Kier molecular flexibility index (Phi) is 3.51. The van der Waals surface area contributed by atoms with E-state index in [1.807, 2.05) is 37.3 Å². The number of anilines is 1. The van der Waals surface area contributed by atoms with E-state index in [1.54, 1.807) is 11.7 Å². The second-order valence-corrected chi connectivity index (χ2v) is 5.18. The van der Waals surface area contributed by atoms with Gasteiger partial charge in [-0.3, -0.25) is 10.00 Å². The molecule has 2 amide bonds. The molecule has 0 saturated carbocycles. The van der Waals surface area contributed by atoms with E-state index in [0.717, 1.165) is 17.9 Å². The van der Waals surface area contributed by atoms with Crippen LogP contribution in [0.5, 0.6) is 5.75 Å². The fraction of sp³-hybridized carbons (Fsp3) is 0.333. The van der Waals surface area contributed by atoms with Crippen molar-refractivity contribution in [1.82, 2.24) is 15.1 Å². The summed E-state index contributed by atoms with van der Waals surface area (Å²) in [6, 6.07) is 9.52. The van der Waals surface area contributed by atoms with E-state index >= 15 is 0 Å². The zero-order valence-corrected chi connectivity index (χ0v) is 12.1. The Morgan fingerprint density at radius 3 is 3.00 bits per heavy atom. The van der Waals surface area contributed by atoms with Crippen LogP contribution in [0, 0.1) is 6.92 Å². The van der Waals surface area contributed by atoms with Gasteiger partial charge >= 0.3 is 6.03 Å². The van der Waals surface area contributed by atoms with Crippen LogP contribution in [0.25, 0.3) is 0 Å². The van der Waals surface area contributed by atoms with Crippen molar-refractivity contribution in [1.29, 1.82) is 0 Å². The Balaban J connectivity index is 1.50. The number of benzene rings is 1. The number of aryl methyl sites for hydroxylation is 2. The largest absolute Gasteiger partial charge is 0.488 e. The van der Waals surface area contributed by atoms with E-state index in [4.69, 9.17) is 4.74 Å². The number of carbonyl (C=O) groups is 1. The molecule has 1 aromatic carbocycles. The summed E-state index contributed by atoms with van der Waals surface area (Å²) < 4.78 is 7.41. The van der Waals surface area contributed by atoms with Crippen molar-refractivity contribution in [2.75, 3.05) is 11.9 Å². The molecule has 6 heteroatoms. The summed E-state index contributed by atoms with van der Waals surface area (Å²) in [5.41, 5.74) is 2.05. The van der Waals surface area contributed by atoms with Crippen molar-refractivity contribution >= 4 is 11.8 Å². The maximum Gasteiger partial charge on any atom is 0.320 e. The first-order chi connectivity index (χ1) is 10.1. The van der Waals surface area contributed by atoms with Gasteiger partial charge in [-0.1, -0.05) is 18.2 Å². The molecule has 1 aliphatic rings. The molecule has 2 aromatic rings. The van der Waals surface area contributed by atoms with Crippen LogP contribution in [0.1, 0.15) is 11.3 Å². The van der Waals surface area contributed by atoms with Crippen molar-refractivity contribution in [3.63, 3.8) is 0 Å². The van der Waals surface area contributed by atoms with Crippen LogP contribution < -0.4 is 15.4 Å². The van der Waals surface area contributed by atoms with Gasteiger partial charge in [-0.15, -0.1) is 0 Å². The molecule has 1 unspecified atom stereocenters. The van der Waals surface area contributed by atoms with Gasteiger partial charge in [0, 0.05) is 19.5 Å². The lowest BCUT2D eigenvalue weighted by Gasteiger charge is -2.12. The van der Waals surface area contributed by atoms with E-state index in [1.165, 1.54) is 5.56 Å². The molecular weight excluding hydrogens is 268 g/mol. The van der Waals surface area contributed by atoms with Crippen molar-refractivity contribution in [2.24, 2.45) is 7.05 Å². The Labute approximate surface area is 123 Å². The number of urea groups is 1.